The van der Waals surface area contributed by atoms with Crippen LogP contribution in [0.5, 0.6) is 11.5 Å². The monoisotopic (exact) mass is 731 g/mol. The molecule has 0 saturated carbocycles. The van der Waals surface area contributed by atoms with Gasteiger partial charge in [0.05, 0.1) is 26.5 Å². The number of H-pyrrole nitrogens is 1. The average molecular weight is 732 g/mol. The molecule has 6 rings (SSSR count). The van der Waals surface area contributed by atoms with Gasteiger partial charge in [0.2, 0.25) is 0 Å². The molecule has 1 fully saturated rings. The molecular weight excluding hydrogens is 693 g/mol. The topological polar surface area (TPSA) is 151 Å². The lowest BCUT2D eigenvalue weighted by Crippen LogP contribution is -2.38. The largest absolute Gasteiger partial charge is 0.497 e. The lowest BCUT2D eigenvalue weighted by atomic mass is 9.80. The zero-order chi connectivity index (χ0) is 36.0. The fourth-order valence-electron chi connectivity index (χ4n) is 6.05. The van der Waals surface area contributed by atoms with Crippen LogP contribution >= 0.6 is 18.2 Å². The van der Waals surface area contributed by atoms with E-state index in [4.69, 9.17) is 23.5 Å². The van der Waals surface area contributed by atoms with Crippen LogP contribution in [0.4, 0.5) is 0 Å². The van der Waals surface area contributed by atoms with Crippen LogP contribution in [0.15, 0.2) is 119 Å². The molecule has 0 amide bonds. The molecule has 0 bridgehead atoms. The maximum atomic E-state index is 13.5. The van der Waals surface area contributed by atoms with E-state index in [1.807, 2.05) is 78.9 Å². The Bertz CT molecular complexity index is 2030. The van der Waals surface area contributed by atoms with Gasteiger partial charge in [0.1, 0.15) is 35.5 Å². The zero-order valence-corrected chi connectivity index (χ0v) is 29.9. The number of aryl methyl sites for hydroxylation is 1. The van der Waals surface area contributed by atoms with Crippen molar-refractivity contribution in [3.8, 4) is 11.5 Å². The van der Waals surface area contributed by atoms with Crippen molar-refractivity contribution in [1.29, 1.82) is 0 Å². The fraction of sp³-hybridized carbons (Fsp3) is 0.270. The second-order valence-electron chi connectivity index (χ2n) is 11.9. The average Bonchev–Trinajstić information content (AvgIpc) is 3.55. The van der Waals surface area contributed by atoms with Crippen LogP contribution in [0, 0.1) is 6.92 Å². The third kappa shape index (κ3) is 8.20. The molecule has 1 aliphatic rings. The van der Waals surface area contributed by atoms with E-state index in [0.29, 0.717) is 22.8 Å². The predicted molar refractivity (Wildman–Crippen MR) is 193 cm³/mol. The second kappa shape index (κ2) is 15.8. The number of aromatic nitrogens is 3. The Balaban J connectivity index is 1.38. The van der Waals surface area contributed by atoms with Crippen LogP contribution in [0.3, 0.4) is 0 Å². The molecule has 0 aliphatic carbocycles. The van der Waals surface area contributed by atoms with Gasteiger partial charge in [-0.15, -0.1) is 0 Å². The van der Waals surface area contributed by atoms with Gasteiger partial charge in [-0.3, -0.25) is 23.9 Å². The first-order chi connectivity index (χ1) is 24.6. The van der Waals surface area contributed by atoms with Crippen molar-refractivity contribution in [3.05, 3.63) is 158 Å². The number of ether oxygens (including phenoxy) is 4. The third-order valence-electron chi connectivity index (χ3n) is 8.64. The van der Waals surface area contributed by atoms with Crippen molar-refractivity contribution >= 4 is 18.2 Å². The molecule has 1 unspecified atom stereocenters. The lowest BCUT2D eigenvalue weighted by Gasteiger charge is -2.37. The second-order valence-corrected chi connectivity index (χ2v) is 15.7. The number of rotatable bonds is 14. The molecule has 2 aromatic heterocycles. The van der Waals surface area contributed by atoms with Gasteiger partial charge < -0.3 is 23.8 Å². The molecular formula is C37H38N3O9PS. The van der Waals surface area contributed by atoms with Crippen molar-refractivity contribution < 1.29 is 32.9 Å². The van der Waals surface area contributed by atoms with E-state index in [1.54, 1.807) is 45.5 Å². The Morgan fingerprint density at radius 3 is 2.12 bits per heavy atom. The molecule has 51 heavy (non-hydrogen) atoms. The van der Waals surface area contributed by atoms with E-state index in [2.05, 4.69) is 9.97 Å². The Hall–Kier alpha value is -4.49. The number of pyridine rings is 1. The van der Waals surface area contributed by atoms with Crippen molar-refractivity contribution in [2.24, 2.45) is 0 Å². The highest BCUT2D eigenvalue weighted by Crippen LogP contribution is 2.59. The van der Waals surface area contributed by atoms with Crippen LogP contribution in [0.1, 0.15) is 40.6 Å². The van der Waals surface area contributed by atoms with Crippen LogP contribution < -0.4 is 20.7 Å². The highest BCUT2D eigenvalue weighted by atomic mass is 32.7. The molecule has 5 aromatic rings. The summed E-state index contributed by atoms with van der Waals surface area (Å²) in [7, 11) is 3.19. The summed E-state index contributed by atoms with van der Waals surface area (Å²) in [6.07, 6.45) is 0.198. The number of methoxy groups -OCH3 is 2. The van der Waals surface area contributed by atoms with Crippen LogP contribution in [0.2, 0.25) is 0 Å². The van der Waals surface area contributed by atoms with Crippen molar-refractivity contribution in [1.82, 2.24) is 14.5 Å². The minimum atomic E-state index is -4.28. The highest BCUT2D eigenvalue weighted by Gasteiger charge is 2.45. The van der Waals surface area contributed by atoms with E-state index in [1.165, 1.54) is 10.8 Å². The van der Waals surface area contributed by atoms with Gasteiger partial charge in [-0.1, -0.05) is 60.7 Å². The van der Waals surface area contributed by atoms with Gasteiger partial charge in [-0.25, -0.2) is 9.36 Å². The van der Waals surface area contributed by atoms with E-state index in [9.17, 15) is 19.0 Å². The first-order valence-electron chi connectivity index (χ1n) is 16.1. The summed E-state index contributed by atoms with van der Waals surface area (Å²) in [6.45, 7) is -2.83. The fourth-order valence-corrected chi connectivity index (χ4v) is 8.54. The summed E-state index contributed by atoms with van der Waals surface area (Å²) >= 11 is 0.737. The molecule has 0 radical (unpaired) electrons. The van der Waals surface area contributed by atoms with Crippen molar-refractivity contribution in [3.63, 3.8) is 0 Å². The Kier molecular flexibility index (Phi) is 11.3. The zero-order valence-electron chi connectivity index (χ0n) is 28.2. The highest BCUT2D eigenvalue weighted by molar-refractivity contribution is 8.54. The maximum absolute atomic E-state index is 13.5. The van der Waals surface area contributed by atoms with Crippen LogP contribution in [-0.2, 0) is 29.9 Å². The Labute approximate surface area is 298 Å². The Morgan fingerprint density at radius 1 is 0.922 bits per heavy atom. The smallest absolute Gasteiger partial charge is 0.387 e. The SMILES string of the molecule is COc1ccc(C(OC[C@H]2O[C@@H](n3cc(C)c(=O)[nH]c3=O)C[C@@H]2OP(=O)(O)SCc2ccccn2)(c2ccccc2)c2ccc(OC)cc2)cc1. The van der Waals surface area contributed by atoms with E-state index >= 15 is 0 Å². The van der Waals surface area contributed by atoms with Crippen LogP contribution in [-0.4, -0.2) is 52.5 Å². The summed E-state index contributed by atoms with van der Waals surface area (Å²) in [5.41, 5.74) is 0.865. The molecule has 12 nitrogen and oxygen atoms in total. The number of nitrogens with one attached hydrogen (secondary N) is 1. The maximum Gasteiger partial charge on any atom is 0.387 e. The van der Waals surface area contributed by atoms with Gasteiger partial charge in [0.25, 0.3) is 5.56 Å². The van der Waals surface area contributed by atoms with E-state index in [-0.39, 0.29) is 18.8 Å². The summed E-state index contributed by atoms with van der Waals surface area (Å²) in [4.78, 5) is 42.7. The number of hydrogen-bond donors (Lipinski definition) is 2. The quantitative estimate of drug-likeness (QED) is 0.103. The molecule has 0 spiro atoms. The minimum Gasteiger partial charge on any atom is -0.497 e. The van der Waals surface area contributed by atoms with Crippen LogP contribution in [0.25, 0.3) is 0 Å². The number of hydrogen-bond acceptors (Lipinski definition) is 10. The molecule has 2 N–H and O–H groups in total. The summed E-state index contributed by atoms with van der Waals surface area (Å²) < 4.78 is 45.1. The van der Waals surface area contributed by atoms with Crippen molar-refractivity contribution in [2.75, 3.05) is 20.8 Å². The van der Waals surface area contributed by atoms with E-state index in [0.717, 1.165) is 28.1 Å². The number of nitrogens with zero attached hydrogens (tertiary/aromatic N) is 2. The molecule has 1 aliphatic heterocycles. The minimum absolute atomic E-state index is 0.0253. The van der Waals surface area contributed by atoms with Gasteiger partial charge in [-0.05, 0) is 71.4 Å². The molecule has 266 valence electrons. The summed E-state index contributed by atoms with van der Waals surface area (Å²) in [5.74, 6) is 1.46. The third-order valence-corrected chi connectivity index (χ3v) is 11.6. The number of aromatic amines is 1. The summed E-state index contributed by atoms with van der Waals surface area (Å²) in [6, 6.07) is 30.0. The first kappa shape index (κ1) is 36.3. The predicted octanol–water partition coefficient (Wildman–Crippen LogP) is 5.97. The van der Waals surface area contributed by atoms with Crippen molar-refractivity contribution in [2.45, 2.75) is 43.1 Å². The standard InChI is InChI=1S/C37H38N3O9PS/c1-25-22-40(36(42)39-35(25)41)34-21-32(49-50(43,44)51-24-29-11-7-8-20-38-29)33(48-34)23-47-37(26-9-5-4-6-10-26,27-12-16-30(45-2)17-13-27)28-14-18-31(46-3)19-15-28/h4-20,22,32-34H,21,23-24H2,1-3H3,(H,43,44)(H,39,41,42)/t32-,33+,34+/m0/s1. The van der Waals surface area contributed by atoms with E-state index < -0.39 is 42.1 Å². The molecule has 3 aromatic carbocycles. The van der Waals surface area contributed by atoms with Gasteiger partial charge in [0, 0.05) is 30.1 Å². The molecule has 1 saturated heterocycles. The summed E-state index contributed by atoms with van der Waals surface area (Å²) in [5, 5.41) is 0. The van der Waals surface area contributed by atoms with Gasteiger partial charge >= 0.3 is 12.5 Å². The van der Waals surface area contributed by atoms with Gasteiger partial charge in [0.15, 0.2) is 0 Å². The normalized spacial score (nSPS) is 18.6. The lowest BCUT2D eigenvalue weighted by molar-refractivity contribution is -0.0919. The molecule has 3 heterocycles. The number of benzene rings is 3. The van der Waals surface area contributed by atoms with Gasteiger partial charge in [-0.2, -0.15) is 0 Å². The first-order valence-corrected chi connectivity index (χ1v) is 19.3. The Morgan fingerprint density at radius 2 is 1.53 bits per heavy atom. The molecule has 4 atom stereocenters. The molecule has 14 heteroatoms.